The number of fused-ring (bicyclic) bond motifs is 2. The molecule has 0 radical (unpaired) electrons. The zero-order valence-electron chi connectivity index (χ0n) is 6.47. The molecule has 2 unspecified atom stereocenters. The molecule has 0 aromatic heterocycles. The Morgan fingerprint density at radius 3 is 2.91 bits per heavy atom. The van der Waals surface area contributed by atoms with Crippen LogP contribution in [0.5, 0.6) is 0 Å². The van der Waals surface area contributed by atoms with Gasteiger partial charge in [0.05, 0.1) is 0 Å². The van der Waals surface area contributed by atoms with Crippen molar-refractivity contribution in [3.05, 3.63) is 0 Å². The van der Waals surface area contributed by atoms with E-state index in [0.717, 1.165) is 32.1 Å². The van der Waals surface area contributed by atoms with Gasteiger partial charge in [-0.05, 0) is 32.1 Å². The number of hydrogen-bond donors (Lipinski definition) is 2. The Morgan fingerprint density at radius 2 is 2.27 bits per heavy atom. The minimum Gasteiger partial charge on any atom is -0.480 e. The van der Waals surface area contributed by atoms with Crippen molar-refractivity contribution < 1.29 is 9.90 Å². The maximum absolute atomic E-state index is 10.9. The Morgan fingerprint density at radius 1 is 1.45 bits per heavy atom. The standard InChI is InChI=1S/C8H13NO2/c10-7(11)8-4-1-2-6(9-8)3-5-8/h6,9H,1-5H2,(H,10,11). The molecular formula is C8H13NO2. The summed E-state index contributed by atoms with van der Waals surface area (Å²) >= 11 is 0. The third kappa shape index (κ3) is 0.948. The SMILES string of the molecule is O=C(O)C12CCCC(CC1)N2. The number of rotatable bonds is 1. The molecule has 0 saturated carbocycles. The average molecular weight is 155 g/mol. The third-order valence-corrected chi connectivity index (χ3v) is 2.97. The van der Waals surface area contributed by atoms with E-state index in [4.69, 9.17) is 5.11 Å². The van der Waals surface area contributed by atoms with Gasteiger partial charge in [-0.25, -0.2) is 0 Å². The summed E-state index contributed by atoms with van der Waals surface area (Å²) in [7, 11) is 0. The van der Waals surface area contributed by atoms with E-state index < -0.39 is 11.5 Å². The molecule has 0 aromatic rings. The molecule has 2 rings (SSSR count). The summed E-state index contributed by atoms with van der Waals surface area (Å²) in [5.74, 6) is -0.653. The van der Waals surface area contributed by atoms with Gasteiger partial charge in [0, 0.05) is 6.04 Å². The maximum atomic E-state index is 10.9. The molecule has 11 heavy (non-hydrogen) atoms. The second-order valence-corrected chi connectivity index (χ2v) is 3.66. The third-order valence-electron chi connectivity index (χ3n) is 2.97. The molecule has 0 aliphatic carbocycles. The highest BCUT2D eigenvalue weighted by atomic mass is 16.4. The van der Waals surface area contributed by atoms with Crippen LogP contribution in [0.1, 0.15) is 32.1 Å². The molecular weight excluding hydrogens is 142 g/mol. The predicted octanol–water partition coefficient (Wildman–Crippen LogP) is 0.746. The zero-order chi connectivity index (χ0) is 7.90. The number of carbonyl (C=O) groups is 1. The number of nitrogens with one attached hydrogen (secondary N) is 1. The van der Waals surface area contributed by atoms with E-state index in [0.29, 0.717) is 6.04 Å². The predicted molar refractivity (Wildman–Crippen MR) is 40.4 cm³/mol. The van der Waals surface area contributed by atoms with Crippen LogP contribution >= 0.6 is 0 Å². The van der Waals surface area contributed by atoms with Crippen molar-refractivity contribution >= 4 is 5.97 Å². The van der Waals surface area contributed by atoms with E-state index in [-0.39, 0.29) is 0 Å². The topological polar surface area (TPSA) is 49.3 Å². The highest BCUT2D eigenvalue weighted by Gasteiger charge is 2.46. The van der Waals surface area contributed by atoms with Crippen molar-refractivity contribution in [1.82, 2.24) is 5.32 Å². The molecule has 2 aliphatic heterocycles. The van der Waals surface area contributed by atoms with Crippen molar-refractivity contribution in [3.8, 4) is 0 Å². The minimum absolute atomic E-state index is 0.486. The molecule has 3 heteroatoms. The Labute approximate surface area is 65.8 Å². The summed E-state index contributed by atoms with van der Waals surface area (Å²) < 4.78 is 0. The van der Waals surface area contributed by atoms with Gasteiger partial charge in [0.15, 0.2) is 0 Å². The summed E-state index contributed by atoms with van der Waals surface area (Å²) in [4.78, 5) is 10.9. The molecule has 0 aromatic carbocycles. The summed E-state index contributed by atoms with van der Waals surface area (Å²) in [5.41, 5.74) is -0.539. The number of carboxylic acid groups (broad SMARTS) is 1. The molecule has 2 atom stereocenters. The second kappa shape index (κ2) is 2.21. The van der Waals surface area contributed by atoms with E-state index in [1.165, 1.54) is 0 Å². The molecule has 62 valence electrons. The lowest BCUT2D eigenvalue weighted by Gasteiger charge is -2.30. The largest absolute Gasteiger partial charge is 0.480 e. The number of aliphatic carboxylic acids is 1. The van der Waals surface area contributed by atoms with Gasteiger partial charge in [-0.15, -0.1) is 0 Å². The Kier molecular flexibility index (Phi) is 1.42. The quantitative estimate of drug-likeness (QED) is 0.587. The summed E-state index contributed by atoms with van der Waals surface area (Å²) in [5, 5.41) is 12.2. The second-order valence-electron chi connectivity index (χ2n) is 3.66. The van der Waals surface area contributed by atoms with Crippen molar-refractivity contribution in [3.63, 3.8) is 0 Å². The van der Waals surface area contributed by atoms with Gasteiger partial charge in [-0.1, -0.05) is 0 Å². The van der Waals surface area contributed by atoms with Gasteiger partial charge in [-0.2, -0.15) is 0 Å². The zero-order valence-corrected chi connectivity index (χ0v) is 6.47. The molecule has 0 amide bonds. The minimum atomic E-state index is -0.653. The summed E-state index contributed by atoms with van der Waals surface area (Å²) in [6.45, 7) is 0. The fraction of sp³-hybridized carbons (Fsp3) is 0.875. The van der Waals surface area contributed by atoms with Crippen LogP contribution in [0.2, 0.25) is 0 Å². The molecule has 2 saturated heterocycles. The highest BCUT2D eigenvalue weighted by Crippen LogP contribution is 2.35. The monoisotopic (exact) mass is 155 g/mol. The van der Waals surface area contributed by atoms with Crippen LogP contribution in [-0.2, 0) is 4.79 Å². The van der Waals surface area contributed by atoms with Crippen molar-refractivity contribution in [2.75, 3.05) is 0 Å². The van der Waals surface area contributed by atoms with Crippen molar-refractivity contribution in [1.29, 1.82) is 0 Å². The Bertz CT molecular complexity index is 189. The van der Waals surface area contributed by atoms with Gasteiger partial charge in [0.1, 0.15) is 5.54 Å². The molecule has 2 aliphatic rings. The first-order valence-electron chi connectivity index (χ1n) is 4.24. The van der Waals surface area contributed by atoms with Gasteiger partial charge < -0.3 is 5.11 Å². The van der Waals surface area contributed by atoms with E-state index in [1.54, 1.807) is 0 Å². The lowest BCUT2D eigenvalue weighted by atomic mass is 9.91. The molecule has 2 heterocycles. The smallest absolute Gasteiger partial charge is 0.323 e. The molecule has 3 nitrogen and oxygen atoms in total. The van der Waals surface area contributed by atoms with E-state index in [2.05, 4.69) is 5.32 Å². The summed E-state index contributed by atoms with van der Waals surface area (Å²) in [6, 6.07) is 0.486. The van der Waals surface area contributed by atoms with Crippen LogP contribution in [-0.4, -0.2) is 22.7 Å². The van der Waals surface area contributed by atoms with Gasteiger partial charge >= 0.3 is 5.97 Å². The fourth-order valence-corrected chi connectivity index (χ4v) is 2.30. The van der Waals surface area contributed by atoms with Crippen LogP contribution in [0.4, 0.5) is 0 Å². The van der Waals surface area contributed by atoms with Crippen LogP contribution in [0.25, 0.3) is 0 Å². The van der Waals surface area contributed by atoms with Crippen LogP contribution in [0, 0.1) is 0 Å². The van der Waals surface area contributed by atoms with Crippen molar-refractivity contribution in [2.24, 2.45) is 0 Å². The van der Waals surface area contributed by atoms with Gasteiger partial charge in [0.25, 0.3) is 0 Å². The average Bonchev–Trinajstić information content (AvgIpc) is 2.29. The van der Waals surface area contributed by atoms with E-state index in [9.17, 15) is 4.79 Å². The lowest BCUT2D eigenvalue weighted by Crippen LogP contribution is -2.52. The van der Waals surface area contributed by atoms with Gasteiger partial charge in [-0.3, -0.25) is 10.1 Å². The van der Waals surface area contributed by atoms with Crippen molar-refractivity contribution in [2.45, 2.75) is 43.7 Å². The first-order valence-corrected chi connectivity index (χ1v) is 4.24. The molecule has 2 bridgehead atoms. The number of piperidine rings is 1. The molecule has 2 fully saturated rings. The van der Waals surface area contributed by atoms with E-state index in [1.807, 2.05) is 0 Å². The summed E-state index contributed by atoms with van der Waals surface area (Å²) in [6.07, 6.45) is 4.93. The highest BCUT2D eigenvalue weighted by molar-refractivity contribution is 5.79. The first-order chi connectivity index (χ1) is 5.23. The Hall–Kier alpha value is -0.570. The Balaban J connectivity index is 2.19. The number of carboxylic acids is 1. The van der Waals surface area contributed by atoms with E-state index >= 15 is 0 Å². The van der Waals surface area contributed by atoms with Crippen LogP contribution < -0.4 is 5.32 Å². The normalized spacial score (nSPS) is 42.4. The number of hydrogen-bond acceptors (Lipinski definition) is 2. The molecule has 2 N–H and O–H groups in total. The maximum Gasteiger partial charge on any atom is 0.323 e. The van der Waals surface area contributed by atoms with Crippen LogP contribution in [0.15, 0.2) is 0 Å². The first kappa shape index (κ1) is 7.10. The fourth-order valence-electron chi connectivity index (χ4n) is 2.30. The molecule has 0 spiro atoms. The lowest BCUT2D eigenvalue weighted by molar-refractivity contribution is -0.145. The van der Waals surface area contributed by atoms with Crippen LogP contribution in [0.3, 0.4) is 0 Å². The van der Waals surface area contributed by atoms with Gasteiger partial charge in [0.2, 0.25) is 0 Å².